The number of aromatic nitrogens is 7. The van der Waals surface area contributed by atoms with Crippen LogP contribution in [0.4, 0.5) is 5.82 Å². The molecule has 0 aliphatic rings. The molecule has 0 radical (unpaired) electrons. The highest BCUT2D eigenvalue weighted by Gasteiger charge is 2.19. The van der Waals surface area contributed by atoms with Gasteiger partial charge in [-0.3, -0.25) is 14.2 Å². The minimum absolute atomic E-state index is 0.230. The third-order valence-corrected chi connectivity index (χ3v) is 6.46. The lowest BCUT2D eigenvalue weighted by atomic mass is 10.2. The van der Waals surface area contributed by atoms with E-state index in [1.807, 2.05) is 48.9 Å². The normalized spacial score (nSPS) is 11.3. The molecule has 5 aromatic rings. The van der Waals surface area contributed by atoms with Gasteiger partial charge in [0, 0.05) is 41.3 Å². The number of carbonyl (C=O) groups is 1. The fraction of sp³-hybridized carbons (Fsp3) is 0.174. The zero-order valence-electron chi connectivity index (χ0n) is 18.4. The number of hydrogen-bond donors (Lipinski definition) is 1. The molecule has 9 nitrogen and oxygen atoms in total. The molecule has 0 aliphatic carbocycles. The lowest BCUT2D eigenvalue weighted by Gasteiger charge is -2.05. The van der Waals surface area contributed by atoms with Crippen LogP contribution in [0, 0.1) is 6.92 Å². The molecule has 4 heterocycles. The number of anilines is 1. The molecular formula is C23H20BrClN8O. The van der Waals surface area contributed by atoms with Gasteiger partial charge in [-0.05, 0) is 47.5 Å². The van der Waals surface area contributed by atoms with Crippen LogP contribution in [0.3, 0.4) is 0 Å². The molecular weight excluding hydrogens is 520 g/mol. The van der Waals surface area contributed by atoms with Crippen LogP contribution in [0.5, 0.6) is 0 Å². The molecule has 172 valence electrons. The van der Waals surface area contributed by atoms with Crippen LogP contribution >= 0.6 is 27.5 Å². The van der Waals surface area contributed by atoms with Crippen LogP contribution in [0.1, 0.15) is 28.7 Å². The highest BCUT2D eigenvalue weighted by molar-refractivity contribution is 9.10. The van der Waals surface area contributed by atoms with E-state index in [1.165, 1.54) is 0 Å². The highest BCUT2D eigenvalue weighted by atomic mass is 79.9. The number of benzene rings is 1. The summed E-state index contributed by atoms with van der Waals surface area (Å²) in [7, 11) is 0. The summed E-state index contributed by atoms with van der Waals surface area (Å²) in [5, 5.41) is 16.9. The number of halogens is 2. The van der Waals surface area contributed by atoms with Crippen molar-refractivity contribution >= 4 is 44.9 Å². The summed E-state index contributed by atoms with van der Waals surface area (Å²) in [4.78, 5) is 17.4. The Labute approximate surface area is 208 Å². The number of hydrogen-bond acceptors (Lipinski definition) is 5. The average Bonchev–Trinajstić information content (AvgIpc) is 3.52. The standard InChI is InChI=1S/C23H20BrClN8O/c1-3-32-14(2)16(11-27-32)20-8-9-26-21-10-19(29-33(20)21)23(34)28-22-17(24)13-31(30-22)12-15-6-4-5-7-18(15)25/h4-11,13H,3,12H2,1-2H3,(H,28,30,34). The monoisotopic (exact) mass is 538 g/mol. The van der Waals surface area contributed by atoms with Crippen LogP contribution in [0.2, 0.25) is 5.02 Å². The predicted octanol–water partition coefficient (Wildman–Crippen LogP) is 4.83. The number of aryl methyl sites for hydroxylation is 1. The third-order valence-electron chi connectivity index (χ3n) is 5.51. The van der Waals surface area contributed by atoms with Crippen molar-refractivity contribution in [3.63, 3.8) is 0 Å². The van der Waals surface area contributed by atoms with E-state index in [0.717, 1.165) is 29.1 Å². The SMILES string of the molecule is CCn1ncc(-c2ccnc3cc(C(=O)Nc4nn(Cc5ccccc5Cl)cc4Br)nn23)c1C. The van der Waals surface area contributed by atoms with Crippen LogP contribution in [0.15, 0.2) is 59.5 Å². The first-order chi connectivity index (χ1) is 16.4. The van der Waals surface area contributed by atoms with Gasteiger partial charge in [0.15, 0.2) is 17.2 Å². The smallest absolute Gasteiger partial charge is 0.277 e. The van der Waals surface area contributed by atoms with Crippen molar-refractivity contribution in [1.29, 1.82) is 0 Å². The molecule has 4 aromatic heterocycles. The van der Waals surface area contributed by atoms with Gasteiger partial charge in [-0.25, -0.2) is 9.50 Å². The summed E-state index contributed by atoms with van der Waals surface area (Å²) in [6.45, 7) is 5.28. The quantitative estimate of drug-likeness (QED) is 0.333. The maximum Gasteiger partial charge on any atom is 0.277 e. The number of fused-ring (bicyclic) bond motifs is 1. The molecule has 5 rings (SSSR count). The molecule has 0 unspecified atom stereocenters. The molecule has 1 N–H and O–H groups in total. The Morgan fingerprint density at radius 1 is 1.21 bits per heavy atom. The number of nitrogens with zero attached hydrogens (tertiary/aromatic N) is 7. The minimum Gasteiger partial charge on any atom is -0.303 e. The number of nitrogens with one attached hydrogen (secondary N) is 1. The summed E-state index contributed by atoms with van der Waals surface area (Å²) in [5.74, 6) is 0.00322. The Kier molecular flexibility index (Phi) is 5.93. The van der Waals surface area contributed by atoms with E-state index in [2.05, 4.69) is 41.5 Å². The summed E-state index contributed by atoms with van der Waals surface area (Å²) in [6.07, 6.45) is 5.29. The number of rotatable bonds is 6. The van der Waals surface area contributed by atoms with Gasteiger partial charge in [0.25, 0.3) is 5.91 Å². The molecule has 0 atom stereocenters. The molecule has 0 spiro atoms. The predicted molar refractivity (Wildman–Crippen MR) is 133 cm³/mol. The summed E-state index contributed by atoms with van der Waals surface area (Å²) >= 11 is 9.72. The third kappa shape index (κ3) is 4.10. The second kappa shape index (κ2) is 9.03. The van der Waals surface area contributed by atoms with Crippen molar-refractivity contribution in [3.8, 4) is 11.3 Å². The van der Waals surface area contributed by atoms with E-state index in [-0.39, 0.29) is 11.6 Å². The van der Waals surface area contributed by atoms with E-state index in [0.29, 0.717) is 27.5 Å². The summed E-state index contributed by atoms with van der Waals surface area (Å²) < 4.78 is 5.93. The Morgan fingerprint density at radius 2 is 2.03 bits per heavy atom. The zero-order valence-corrected chi connectivity index (χ0v) is 20.7. The van der Waals surface area contributed by atoms with E-state index >= 15 is 0 Å². The van der Waals surface area contributed by atoms with Crippen LogP contribution in [-0.4, -0.2) is 40.1 Å². The second-order valence-electron chi connectivity index (χ2n) is 7.66. The van der Waals surface area contributed by atoms with Crippen molar-refractivity contribution in [2.75, 3.05) is 5.32 Å². The summed E-state index contributed by atoms with van der Waals surface area (Å²) in [5.41, 5.74) is 4.49. The van der Waals surface area contributed by atoms with E-state index in [9.17, 15) is 4.79 Å². The van der Waals surface area contributed by atoms with Crippen molar-refractivity contribution in [2.24, 2.45) is 0 Å². The molecule has 11 heteroatoms. The van der Waals surface area contributed by atoms with Crippen LogP contribution < -0.4 is 5.32 Å². The van der Waals surface area contributed by atoms with Crippen molar-refractivity contribution < 1.29 is 4.79 Å². The Bertz CT molecular complexity index is 1520. The van der Waals surface area contributed by atoms with Crippen molar-refractivity contribution in [2.45, 2.75) is 26.9 Å². The Hall–Kier alpha value is -3.50. The first-order valence-corrected chi connectivity index (χ1v) is 11.8. The molecule has 0 saturated carbocycles. The largest absolute Gasteiger partial charge is 0.303 e. The van der Waals surface area contributed by atoms with E-state index < -0.39 is 0 Å². The van der Waals surface area contributed by atoms with Gasteiger partial charge in [-0.2, -0.15) is 15.3 Å². The first-order valence-electron chi connectivity index (χ1n) is 10.6. The molecule has 1 amide bonds. The van der Waals surface area contributed by atoms with E-state index in [1.54, 1.807) is 33.9 Å². The van der Waals surface area contributed by atoms with Gasteiger partial charge in [-0.1, -0.05) is 29.8 Å². The summed E-state index contributed by atoms with van der Waals surface area (Å²) in [6, 6.07) is 11.1. The molecule has 1 aromatic carbocycles. The second-order valence-corrected chi connectivity index (χ2v) is 8.92. The first kappa shape index (κ1) is 22.3. The van der Waals surface area contributed by atoms with Crippen molar-refractivity contribution in [1.82, 2.24) is 34.2 Å². The van der Waals surface area contributed by atoms with Gasteiger partial charge in [0.05, 0.1) is 22.9 Å². The van der Waals surface area contributed by atoms with Crippen LogP contribution in [-0.2, 0) is 13.1 Å². The maximum atomic E-state index is 13.0. The van der Waals surface area contributed by atoms with Gasteiger partial charge < -0.3 is 5.32 Å². The lowest BCUT2D eigenvalue weighted by molar-refractivity contribution is 0.102. The zero-order chi connectivity index (χ0) is 23.8. The Morgan fingerprint density at radius 3 is 2.79 bits per heavy atom. The van der Waals surface area contributed by atoms with Crippen LogP contribution in [0.25, 0.3) is 16.9 Å². The molecule has 34 heavy (non-hydrogen) atoms. The van der Waals surface area contributed by atoms with Gasteiger partial charge in [-0.15, -0.1) is 0 Å². The molecule has 0 bridgehead atoms. The number of carbonyl (C=O) groups excluding carboxylic acids is 1. The molecule has 0 aliphatic heterocycles. The average molecular weight is 540 g/mol. The van der Waals surface area contributed by atoms with Gasteiger partial charge >= 0.3 is 0 Å². The van der Waals surface area contributed by atoms with E-state index in [4.69, 9.17) is 11.6 Å². The van der Waals surface area contributed by atoms with Gasteiger partial charge in [0.1, 0.15) is 0 Å². The number of amides is 1. The van der Waals surface area contributed by atoms with Crippen molar-refractivity contribution in [3.05, 3.63) is 81.4 Å². The lowest BCUT2D eigenvalue weighted by Crippen LogP contribution is -2.14. The topological polar surface area (TPSA) is 94.9 Å². The maximum absolute atomic E-state index is 13.0. The Balaban J connectivity index is 1.41. The highest BCUT2D eigenvalue weighted by Crippen LogP contribution is 2.25. The fourth-order valence-electron chi connectivity index (χ4n) is 3.76. The fourth-order valence-corrected chi connectivity index (χ4v) is 4.37. The molecule has 0 saturated heterocycles. The molecule has 0 fully saturated rings. The minimum atomic E-state index is -0.388. The van der Waals surface area contributed by atoms with Gasteiger partial charge in [0.2, 0.25) is 0 Å².